The molecule has 0 aliphatic heterocycles. The van der Waals surface area contributed by atoms with Gasteiger partial charge in [0, 0.05) is 12.6 Å². The molecule has 0 aliphatic rings. The molecule has 0 radical (unpaired) electrons. The van der Waals surface area contributed by atoms with Crippen LogP contribution in [0.5, 0.6) is 0 Å². The zero-order valence-electron chi connectivity index (χ0n) is 11.1. The lowest BCUT2D eigenvalue weighted by atomic mass is 10.1. The number of nitro benzene ring substituents is 1. The summed E-state index contributed by atoms with van der Waals surface area (Å²) in [6, 6.07) is 1.24. The quantitative estimate of drug-likeness (QED) is 0.589. The Labute approximate surface area is 114 Å². The zero-order valence-corrected chi connectivity index (χ0v) is 11.1. The molecule has 0 saturated carbocycles. The molecule has 1 rings (SSSR count). The lowest BCUT2D eigenvalue weighted by Gasteiger charge is -2.16. The van der Waals surface area contributed by atoms with E-state index in [1.165, 1.54) is 0 Å². The van der Waals surface area contributed by atoms with Gasteiger partial charge in [-0.2, -0.15) is 0 Å². The third-order valence-corrected chi connectivity index (χ3v) is 2.49. The van der Waals surface area contributed by atoms with Crippen molar-refractivity contribution in [1.82, 2.24) is 0 Å². The molecule has 7 nitrogen and oxygen atoms in total. The van der Waals surface area contributed by atoms with Crippen LogP contribution in [0.3, 0.4) is 0 Å². The van der Waals surface area contributed by atoms with E-state index in [4.69, 9.17) is 9.84 Å². The third kappa shape index (κ3) is 3.89. The number of carbonyl (C=O) groups is 1. The number of halogens is 1. The predicted molar refractivity (Wildman–Crippen MR) is 69.6 cm³/mol. The highest BCUT2D eigenvalue weighted by Crippen LogP contribution is 2.26. The van der Waals surface area contributed by atoms with E-state index in [-0.39, 0.29) is 11.7 Å². The number of carboxylic acid groups (broad SMARTS) is 1. The van der Waals surface area contributed by atoms with Crippen LogP contribution < -0.4 is 5.32 Å². The molecular weight excluding hydrogens is 271 g/mol. The number of hydrogen-bond acceptors (Lipinski definition) is 5. The van der Waals surface area contributed by atoms with E-state index in [2.05, 4.69) is 5.32 Å². The summed E-state index contributed by atoms with van der Waals surface area (Å²) in [4.78, 5) is 20.7. The van der Waals surface area contributed by atoms with Crippen LogP contribution in [0.25, 0.3) is 0 Å². The minimum atomic E-state index is -1.49. The van der Waals surface area contributed by atoms with E-state index < -0.39 is 28.0 Å². The van der Waals surface area contributed by atoms with Crippen molar-refractivity contribution < 1.29 is 24.0 Å². The maximum Gasteiger partial charge on any atom is 0.342 e. The first kappa shape index (κ1) is 15.8. The summed E-state index contributed by atoms with van der Waals surface area (Å²) in [6.07, 6.45) is 0. The van der Waals surface area contributed by atoms with Crippen LogP contribution >= 0.6 is 0 Å². The topological polar surface area (TPSA) is 102 Å². The number of rotatable bonds is 7. The standard InChI is InChI=1S/C12H15FN2O5/c1-3-20-6-7(2)14-10-4-8(12(16)17)11(15(18)19)5-9(10)13/h4-5,7,14H,3,6H2,1-2H3,(H,16,17). The molecule has 0 heterocycles. The summed E-state index contributed by atoms with van der Waals surface area (Å²) in [5.74, 6) is -2.37. The number of hydrogen-bond donors (Lipinski definition) is 2. The Morgan fingerprint density at radius 2 is 2.25 bits per heavy atom. The maximum absolute atomic E-state index is 13.7. The summed E-state index contributed by atoms with van der Waals surface area (Å²) in [5, 5.41) is 22.3. The maximum atomic E-state index is 13.7. The van der Waals surface area contributed by atoms with E-state index in [1.807, 2.05) is 6.92 Å². The summed E-state index contributed by atoms with van der Waals surface area (Å²) in [5.41, 5.74) is -1.46. The van der Waals surface area contributed by atoms with Gasteiger partial charge in [-0.3, -0.25) is 10.1 Å². The molecule has 1 aromatic carbocycles. The fourth-order valence-corrected chi connectivity index (χ4v) is 1.60. The lowest BCUT2D eigenvalue weighted by Crippen LogP contribution is -2.22. The number of ether oxygens (including phenoxy) is 1. The fraction of sp³-hybridized carbons (Fsp3) is 0.417. The van der Waals surface area contributed by atoms with Gasteiger partial charge >= 0.3 is 5.97 Å². The van der Waals surface area contributed by atoms with Gasteiger partial charge in [0.05, 0.1) is 23.3 Å². The van der Waals surface area contributed by atoms with Crippen LogP contribution in [0.4, 0.5) is 15.8 Å². The fourth-order valence-electron chi connectivity index (χ4n) is 1.60. The Morgan fingerprint density at radius 3 is 2.75 bits per heavy atom. The minimum Gasteiger partial charge on any atom is -0.477 e. The van der Waals surface area contributed by atoms with Crippen LogP contribution in [0.2, 0.25) is 0 Å². The monoisotopic (exact) mass is 286 g/mol. The molecule has 20 heavy (non-hydrogen) atoms. The molecule has 8 heteroatoms. The van der Waals surface area contributed by atoms with Crippen LogP contribution in [0.15, 0.2) is 12.1 Å². The molecule has 0 fully saturated rings. The summed E-state index contributed by atoms with van der Waals surface area (Å²) >= 11 is 0. The van der Waals surface area contributed by atoms with E-state index in [0.717, 1.165) is 6.07 Å². The van der Waals surface area contributed by atoms with Crippen LogP contribution in [0, 0.1) is 15.9 Å². The lowest BCUT2D eigenvalue weighted by molar-refractivity contribution is -0.385. The highest BCUT2D eigenvalue weighted by molar-refractivity contribution is 5.93. The second-order valence-electron chi connectivity index (χ2n) is 4.12. The molecule has 0 spiro atoms. The van der Waals surface area contributed by atoms with Gasteiger partial charge < -0.3 is 15.2 Å². The molecule has 1 unspecified atom stereocenters. The van der Waals surface area contributed by atoms with E-state index in [9.17, 15) is 19.3 Å². The first-order chi connectivity index (χ1) is 9.36. The average Bonchev–Trinajstić information content (AvgIpc) is 2.37. The molecule has 0 bridgehead atoms. The molecule has 0 aliphatic carbocycles. The molecule has 2 N–H and O–H groups in total. The summed E-state index contributed by atoms with van der Waals surface area (Å²) < 4.78 is 18.9. The normalized spacial score (nSPS) is 11.9. The van der Waals surface area contributed by atoms with Crippen LogP contribution in [0.1, 0.15) is 24.2 Å². The SMILES string of the molecule is CCOCC(C)Nc1cc(C(=O)O)c([N+](=O)[O-])cc1F. The molecule has 1 atom stereocenters. The Kier molecular flexibility index (Phi) is 5.39. The molecule has 110 valence electrons. The van der Waals surface area contributed by atoms with Gasteiger partial charge in [0.1, 0.15) is 5.56 Å². The number of nitro groups is 1. The van der Waals surface area contributed by atoms with Gasteiger partial charge in [0.2, 0.25) is 0 Å². The number of carboxylic acids is 1. The number of benzene rings is 1. The first-order valence-electron chi connectivity index (χ1n) is 5.92. The van der Waals surface area contributed by atoms with Crippen LogP contribution in [-0.2, 0) is 4.74 Å². The van der Waals surface area contributed by atoms with Crippen molar-refractivity contribution in [3.8, 4) is 0 Å². The highest BCUT2D eigenvalue weighted by atomic mass is 19.1. The van der Waals surface area contributed by atoms with Crippen molar-refractivity contribution in [2.24, 2.45) is 0 Å². The number of nitrogens with zero attached hydrogens (tertiary/aromatic N) is 1. The molecule has 0 saturated heterocycles. The second-order valence-corrected chi connectivity index (χ2v) is 4.12. The van der Waals surface area contributed by atoms with Gasteiger partial charge in [-0.05, 0) is 19.9 Å². The Hall–Kier alpha value is -2.22. The van der Waals surface area contributed by atoms with E-state index in [1.54, 1.807) is 6.92 Å². The Balaban J connectivity index is 3.06. The molecule has 0 amide bonds. The average molecular weight is 286 g/mol. The number of anilines is 1. The van der Waals surface area contributed by atoms with Gasteiger partial charge in [0.25, 0.3) is 5.69 Å². The summed E-state index contributed by atoms with van der Waals surface area (Å²) in [6.45, 7) is 4.32. The smallest absolute Gasteiger partial charge is 0.342 e. The van der Waals surface area contributed by atoms with Crippen molar-refractivity contribution >= 4 is 17.3 Å². The Morgan fingerprint density at radius 1 is 1.60 bits per heavy atom. The largest absolute Gasteiger partial charge is 0.477 e. The molecule has 0 aromatic heterocycles. The van der Waals surface area contributed by atoms with Crippen molar-refractivity contribution in [3.63, 3.8) is 0 Å². The van der Waals surface area contributed by atoms with Gasteiger partial charge in [-0.15, -0.1) is 0 Å². The minimum absolute atomic E-state index is 0.111. The first-order valence-corrected chi connectivity index (χ1v) is 5.92. The predicted octanol–water partition coefficient (Wildman–Crippen LogP) is 2.27. The van der Waals surface area contributed by atoms with Crippen molar-refractivity contribution in [1.29, 1.82) is 0 Å². The van der Waals surface area contributed by atoms with Gasteiger partial charge in [0.15, 0.2) is 5.82 Å². The van der Waals surface area contributed by atoms with E-state index in [0.29, 0.717) is 19.3 Å². The Bertz CT molecular complexity index is 521. The second kappa shape index (κ2) is 6.80. The van der Waals surface area contributed by atoms with Crippen molar-refractivity contribution in [3.05, 3.63) is 33.6 Å². The third-order valence-electron chi connectivity index (χ3n) is 2.49. The van der Waals surface area contributed by atoms with Crippen molar-refractivity contribution in [2.45, 2.75) is 19.9 Å². The molecule has 1 aromatic rings. The van der Waals surface area contributed by atoms with E-state index >= 15 is 0 Å². The molecular formula is C12H15FN2O5. The van der Waals surface area contributed by atoms with Crippen LogP contribution in [-0.4, -0.2) is 35.3 Å². The van der Waals surface area contributed by atoms with Gasteiger partial charge in [-0.25, -0.2) is 9.18 Å². The highest BCUT2D eigenvalue weighted by Gasteiger charge is 2.23. The number of nitrogens with one attached hydrogen (secondary N) is 1. The number of aromatic carboxylic acids is 1. The zero-order chi connectivity index (χ0) is 15.3. The van der Waals surface area contributed by atoms with Crippen molar-refractivity contribution in [2.75, 3.05) is 18.5 Å². The van der Waals surface area contributed by atoms with Gasteiger partial charge in [-0.1, -0.05) is 0 Å². The summed E-state index contributed by atoms with van der Waals surface area (Å²) in [7, 11) is 0.